The molecule has 2 rings (SSSR count). The van der Waals surface area contributed by atoms with E-state index in [4.69, 9.17) is 14.2 Å². The Morgan fingerprint density at radius 1 is 1.09 bits per heavy atom. The molecule has 4 heteroatoms. The van der Waals surface area contributed by atoms with Crippen LogP contribution in [0.5, 0.6) is 5.75 Å². The van der Waals surface area contributed by atoms with Crippen molar-refractivity contribution in [3.05, 3.63) is 65.2 Å². The van der Waals surface area contributed by atoms with Gasteiger partial charge in [0.2, 0.25) is 0 Å². The fourth-order valence-electron chi connectivity index (χ4n) is 2.20. The molecule has 22 heavy (non-hydrogen) atoms. The molecule has 2 aromatic rings. The molecular formula is C18H20O4. The fraction of sp³-hybridized carbons (Fsp3) is 0.278. The molecule has 0 aliphatic heterocycles. The van der Waals surface area contributed by atoms with E-state index in [0.717, 1.165) is 11.8 Å². The summed E-state index contributed by atoms with van der Waals surface area (Å²) in [4.78, 5) is 11.3. The molecule has 0 saturated carbocycles. The molecule has 0 heterocycles. The fourth-order valence-corrected chi connectivity index (χ4v) is 2.20. The normalized spacial score (nSPS) is 11.9. The Kier molecular flexibility index (Phi) is 6.13. The van der Waals surface area contributed by atoms with Gasteiger partial charge in [0.1, 0.15) is 12.4 Å². The van der Waals surface area contributed by atoms with Crippen LogP contribution < -0.4 is 4.74 Å². The van der Waals surface area contributed by atoms with E-state index in [0.29, 0.717) is 30.1 Å². The van der Waals surface area contributed by atoms with Crippen molar-refractivity contribution in [2.24, 2.45) is 0 Å². The van der Waals surface area contributed by atoms with Crippen LogP contribution >= 0.6 is 0 Å². The summed E-state index contributed by atoms with van der Waals surface area (Å²) in [6.45, 7) is 2.77. The molecule has 2 aromatic carbocycles. The minimum absolute atomic E-state index is 0.415. The quantitative estimate of drug-likeness (QED) is 0.550. The molecule has 0 aliphatic carbocycles. The molecule has 0 saturated heterocycles. The monoisotopic (exact) mass is 300 g/mol. The van der Waals surface area contributed by atoms with Crippen molar-refractivity contribution in [2.45, 2.75) is 19.8 Å². The maximum Gasteiger partial charge on any atom is 0.187 e. The average molecular weight is 300 g/mol. The summed E-state index contributed by atoms with van der Waals surface area (Å²) in [5, 5.41) is 0. The molecule has 0 amide bonds. The third-order valence-corrected chi connectivity index (χ3v) is 3.23. The van der Waals surface area contributed by atoms with Gasteiger partial charge in [-0.05, 0) is 18.6 Å². The van der Waals surface area contributed by atoms with Crippen molar-refractivity contribution in [3.63, 3.8) is 0 Å². The highest BCUT2D eigenvalue weighted by Gasteiger charge is 2.20. The second-order valence-electron chi connectivity index (χ2n) is 4.67. The van der Waals surface area contributed by atoms with Crippen molar-refractivity contribution < 1.29 is 19.0 Å². The van der Waals surface area contributed by atoms with E-state index in [1.807, 2.05) is 43.3 Å². The molecule has 1 atom stereocenters. The van der Waals surface area contributed by atoms with E-state index in [-0.39, 0.29) is 0 Å². The number of aldehydes is 1. The van der Waals surface area contributed by atoms with E-state index in [1.54, 1.807) is 19.2 Å². The molecule has 0 radical (unpaired) electrons. The number of rotatable bonds is 8. The van der Waals surface area contributed by atoms with Crippen molar-refractivity contribution >= 4 is 6.29 Å². The first kappa shape index (κ1) is 16.2. The summed E-state index contributed by atoms with van der Waals surface area (Å²) in [6.07, 6.45) is 0.160. The Balaban J connectivity index is 2.27. The Morgan fingerprint density at radius 3 is 2.50 bits per heavy atom. The van der Waals surface area contributed by atoms with Crippen LogP contribution in [0.15, 0.2) is 48.5 Å². The summed E-state index contributed by atoms with van der Waals surface area (Å²) >= 11 is 0. The number of carbonyl (C=O) groups excluding carboxylic acids is 1. The van der Waals surface area contributed by atoms with Crippen LogP contribution in [0.25, 0.3) is 0 Å². The molecule has 1 unspecified atom stereocenters. The summed E-state index contributed by atoms with van der Waals surface area (Å²) in [5.41, 5.74) is 2.18. The third kappa shape index (κ3) is 3.93. The SMILES string of the molecule is CCOC(OC)c1c(C=O)cccc1OCc1ccccc1. The van der Waals surface area contributed by atoms with Gasteiger partial charge in [-0.3, -0.25) is 4.79 Å². The van der Waals surface area contributed by atoms with E-state index in [9.17, 15) is 4.79 Å². The van der Waals surface area contributed by atoms with Gasteiger partial charge >= 0.3 is 0 Å². The van der Waals surface area contributed by atoms with Crippen molar-refractivity contribution in [1.82, 2.24) is 0 Å². The molecular weight excluding hydrogens is 280 g/mol. The first-order valence-corrected chi connectivity index (χ1v) is 7.19. The molecule has 116 valence electrons. The van der Waals surface area contributed by atoms with Crippen LogP contribution in [-0.2, 0) is 16.1 Å². The Hall–Kier alpha value is -2.17. The van der Waals surface area contributed by atoms with Gasteiger partial charge in [0.25, 0.3) is 0 Å². The standard InChI is InChI=1S/C18H20O4/c1-3-21-18(20-2)17-15(12-19)10-7-11-16(17)22-13-14-8-5-4-6-9-14/h4-12,18H,3,13H2,1-2H3. The van der Waals surface area contributed by atoms with Gasteiger partial charge in [0, 0.05) is 19.3 Å². The molecule has 0 aromatic heterocycles. The molecule has 0 bridgehead atoms. The maximum atomic E-state index is 11.3. The molecule has 0 aliphatic rings. The van der Waals surface area contributed by atoms with Gasteiger partial charge in [-0.25, -0.2) is 0 Å². The van der Waals surface area contributed by atoms with Crippen LogP contribution in [0, 0.1) is 0 Å². The summed E-state index contributed by atoms with van der Waals surface area (Å²) < 4.78 is 16.8. The Morgan fingerprint density at radius 2 is 1.86 bits per heavy atom. The lowest BCUT2D eigenvalue weighted by atomic mass is 10.1. The minimum Gasteiger partial charge on any atom is -0.488 e. The molecule has 4 nitrogen and oxygen atoms in total. The van der Waals surface area contributed by atoms with Crippen molar-refractivity contribution in [2.75, 3.05) is 13.7 Å². The second-order valence-corrected chi connectivity index (χ2v) is 4.67. The van der Waals surface area contributed by atoms with E-state index < -0.39 is 6.29 Å². The summed E-state index contributed by atoms with van der Waals surface area (Å²) in [7, 11) is 1.54. The van der Waals surface area contributed by atoms with Gasteiger partial charge in [-0.15, -0.1) is 0 Å². The van der Waals surface area contributed by atoms with Gasteiger partial charge in [0.05, 0.1) is 5.56 Å². The Bertz CT molecular complexity index is 595. The largest absolute Gasteiger partial charge is 0.488 e. The van der Waals surface area contributed by atoms with Gasteiger partial charge in [-0.2, -0.15) is 0 Å². The number of hydrogen-bond acceptors (Lipinski definition) is 4. The molecule has 0 spiro atoms. The van der Waals surface area contributed by atoms with Crippen LogP contribution in [0.2, 0.25) is 0 Å². The predicted molar refractivity (Wildman–Crippen MR) is 84.0 cm³/mol. The highest BCUT2D eigenvalue weighted by Crippen LogP contribution is 2.31. The minimum atomic E-state index is -0.628. The van der Waals surface area contributed by atoms with Crippen LogP contribution in [0.1, 0.15) is 34.7 Å². The van der Waals surface area contributed by atoms with Crippen LogP contribution in [0.4, 0.5) is 0 Å². The van der Waals surface area contributed by atoms with Crippen LogP contribution in [-0.4, -0.2) is 20.0 Å². The maximum absolute atomic E-state index is 11.3. The highest BCUT2D eigenvalue weighted by atomic mass is 16.7. The topological polar surface area (TPSA) is 44.8 Å². The lowest BCUT2D eigenvalue weighted by Gasteiger charge is -2.20. The van der Waals surface area contributed by atoms with Crippen LogP contribution in [0.3, 0.4) is 0 Å². The van der Waals surface area contributed by atoms with Crippen molar-refractivity contribution in [1.29, 1.82) is 0 Å². The first-order chi connectivity index (χ1) is 10.8. The number of methoxy groups -OCH3 is 1. The van der Waals surface area contributed by atoms with Gasteiger partial charge in [0.15, 0.2) is 12.6 Å². The smallest absolute Gasteiger partial charge is 0.187 e. The summed E-state index contributed by atoms with van der Waals surface area (Å²) in [6, 6.07) is 15.2. The zero-order valence-electron chi connectivity index (χ0n) is 12.8. The summed E-state index contributed by atoms with van der Waals surface area (Å²) in [5.74, 6) is 0.591. The van der Waals surface area contributed by atoms with Gasteiger partial charge < -0.3 is 14.2 Å². The second kappa shape index (κ2) is 8.32. The zero-order chi connectivity index (χ0) is 15.8. The highest BCUT2D eigenvalue weighted by molar-refractivity contribution is 5.78. The zero-order valence-corrected chi connectivity index (χ0v) is 12.8. The number of carbonyl (C=O) groups is 1. The third-order valence-electron chi connectivity index (χ3n) is 3.23. The Labute approximate surface area is 130 Å². The molecule has 0 N–H and O–H groups in total. The lowest BCUT2D eigenvalue weighted by Crippen LogP contribution is -2.11. The van der Waals surface area contributed by atoms with Crippen molar-refractivity contribution in [3.8, 4) is 5.75 Å². The first-order valence-electron chi connectivity index (χ1n) is 7.19. The number of ether oxygens (including phenoxy) is 3. The molecule has 0 fully saturated rings. The lowest BCUT2D eigenvalue weighted by molar-refractivity contribution is -0.125. The van der Waals surface area contributed by atoms with E-state index in [1.165, 1.54) is 0 Å². The predicted octanol–water partition coefficient (Wildman–Crippen LogP) is 3.76. The number of benzene rings is 2. The van der Waals surface area contributed by atoms with E-state index in [2.05, 4.69) is 0 Å². The van der Waals surface area contributed by atoms with Gasteiger partial charge in [-0.1, -0.05) is 42.5 Å². The average Bonchev–Trinajstić information content (AvgIpc) is 2.58. The number of hydrogen-bond donors (Lipinski definition) is 0. The van der Waals surface area contributed by atoms with E-state index >= 15 is 0 Å².